The Kier molecular flexibility index (Phi) is 6.48. The average molecular weight is 512 g/mol. The zero-order valence-electron chi connectivity index (χ0n) is 16.2. The van der Waals surface area contributed by atoms with E-state index in [0.717, 1.165) is 36.3 Å². The van der Waals surface area contributed by atoms with Gasteiger partial charge in [0, 0.05) is 35.1 Å². The molecule has 2 aromatic carbocycles. The molecule has 0 saturated heterocycles. The van der Waals surface area contributed by atoms with Gasteiger partial charge in [-0.3, -0.25) is 4.79 Å². The maximum absolute atomic E-state index is 12.4. The summed E-state index contributed by atoms with van der Waals surface area (Å²) in [5.41, 5.74) is 2.43. The van der Waals surface area contributed by atoms with Crippen LogP contribution < -0.4 is 15.4 Å². The van der Waals surface area contributed by atoms with Crippen molar-refractivity contribution in [1.29, 1.82) is 0 Å². The third-order valence-electron chi connectivity index (χ3n) is 4.83. The van der Waals surface area contributed by atoms with Crippen molar-refractivity contribution in [2.24, 2.45) is 5.14 Å². The number of fused-ring (bicyclic) bond motifs is 2. The number of primary sulfonamides is 1. The summed E-state index contributed by atoms with van der Waals surface area (Å²) >= 11 is 0. The van der Waals surface area contributed by atoms with E-state index in [1.807, 2.05) is 0 Å². The topological polar surface area (TPSA) is 127 Å². The Morgan fingerprint density at radius 3 is 2.22 bits per heavy atom. The molecule has 2 aromatic rings. The standard InChI is InChI=1S/C10H7ClF3NO3S.C8H10N2O2S/c11-19(17,18)7-1-2-8-6(5-7)3-4-15(8)9(16)10(12,13)14;9-13(11,12)7-1-2-8-6(5-7)3-4-10-8/h1-2,5H,3-4H2;1-2,5,10H,3-4H2,(H2,9,11,12). The third-order valence-corrected chi connectivity index (χ3v) is 7.09. The number of nitrogens with two attached hydrogens (primary N) is 1. The number of hydrogen-bond acceptors (Lipinski definition) is 6. The Morgan fingerprint density at radius 2 is 1.62 bits per heavy atom. The summed E-state index contributed by atoms with van der Waals surface area (Å²) in [7, 11) is -2.35. The van der Waals surface area contributed by atoms with Crippen LogP contribution in [0, 0.1) is 0 Å². The van der Waals surface area contributed by atoms with Crippen LogP contribution in [0.4, 0.5) is 24.5 Å². The van der Waals surface area contributed by atoms with Gasteiger partial charge in [0.15, 0.2) is 0 Å². The fraction of sp³-hybridized carbons (Fsp3) is 0.278. The SMILES string of the molecule is NS(=O)(=O)c1ccc2c(c1)CCN2.O=C(N1CCc2cc(S(=O)(=O)Cl)ccc21)C(F)(F)F. The molecule has 2 aliphatic heterocycles. The summed E-state index contributed by atoms with van der Waals surface area (Å²) in [5.74, 6) is -1.97. The Balaban J connectivity index is 0.000000193. The molecule has 2 aliphatic rings. The number of carbonyl (C=O) groups is 1. The molecule has 0 spiro atoms. The number of sulfonamides is 1. The van der Waals surface area contributed by atoms with Crippen LogP contribution in [0.25, 0.3) is 0 Å². The lowest BCUT2D eigenvalue weighted by Gasteiger charge is -2.18. The number of anilines is 2. The number of halogens is 4. The second-order valence-corrected chi connectivity index (χ2v) is 11.1. The number of benzene rings is 2. The Hall–Kier alpha value is -2.35. The molecule has 0 bridgehead atoms. The van der Waals surface area contributed by atoms with Crippen LogP contribution in [0.3, 0.4) is 0 Å². The fourth-order valence-electron chi connectivity index (χ4n) is 3.35. The maximum Gasteiger partial charge on any atom is 0.471 e. The molecule has 0 aromatic heterocycles. The number of hydrogen-bond donors (Lipinski definition) is 2. The first kappa shape index (κ1) is 24.3. The number of nitrogens with zero attached hydrogens (tertiary/aromatic N) is 1. The summed E-state index contributed by atoms with van der Waals surface area (Å²) in [6.45, 7) is 0.725. The van der Waals surface area contributed by atoms with Crippen molar-refractivity contribution >= 4 is 47.0 Å². The van der Waals surface area contributed by atoms with E-state index in [9.17, 15) is 34.8 Å². The maximum atomic E-state index is 12.4. The smallest absolute Gasteiger partial charge is 0.384 e. The highest BCUT2D eigenvalue weighted by Gasteiger charge is 2.44. The number of alkyl halides is 3. The molecular weight excluding hydrogens is 495 g/mol. The summed E-state index contributed by atoms with van der Waals surface area (Å²) in [6, 6.07) is 8.31. The van der Waals surface area contributed by atoms with Gasteiger partial charge in [0.2, 0.25) is 10.0 Å². The Morgan fingerprint density at radius 1 is 1.00 bits per heavy atom. The van der Waals surface area contributed by atoms with Gasteiger partial charge in [-0.2, -0.15) is 13.2 Å². The van der Waals surface area contributed by atoms with Gasteiger partial charge >= 0.3 is 12.1 Å². The summed E-state index contributed by atoms with van der Waals surface area (Å²) in [6.07, 6.45) is -3.95. The highest BCUT2D eigenvalue weighted by atomic mass is 35.7. The molecule has 8 nitrogen and oxygen atoms in total. The van der Waals surface area contributed by atoms with Gasteiger partial charge in [0.05, 0.1) is 9.79 Å². The molecule has 1 amide bonds. The van der Waals surface area contributed by atoms with Crippen LogP contribution in [0.5, 0.6) is 0 Å². The minimum Gasteiger partial charge on any atom is -0.384 e. The second-order valence-electron chi connectivity index (χ2n) is 6.97. The van der Waals surface area contributed by atoms with Crippen LogP contribution in [-0.4, -0.2) is 42.0 Å². The van der Waals surface area contributed by atoms with Crippen molar-refractivity contribution in [3.63, 3.8) is 0 Å². The zero-order chi connectivity index (χ0) is 23.9. The van der Waals surface area contributed by atoms with Crippen LogP contribution in [0.2, 0.25) is 0 Å². The van der Waals surface area contributed by atoms with E-state index in [4.69, 9.17) is 15.8 Å². The lowest BCUT2D eigenvalue weighted by Crippen LogP contribution is -2.40. The highest BCUT2D eigenvalue weighted by Crippen LogP contribution is 2.34. The zero-order valence-corrected chi connectivity index (χ0v) is 18.6. The second kappa shape index (κ2) is 8.54. The van der Waals surface area contributed by atoms with E-state index in [1.54, 1.807) is 12.1 Å². The Bertz CT molecular complexity index is 1280. The van der Waals surface area contributed by atoms with E-state index in [-0.39, 0.29) is 28.4 Å². The molecule has 14 heteroatoms. The first-order valence-electron chi connectivity index (χ1n) is 9.04. The van der Waals surface area contributed by atoms with E-state index in [0.29, 0.717) is 10.5 Å². The van der Waals surface area contributed by atoms with Gasteiger partial charge < -0.3 is 10.2 Å². The summed E-state index contributed by atoms with van der Waals surface area (Å²) in [5, 5.41) is 8.15. The van der Waals surface area contributed by atoms with Gasteiger partial charge in [-0.1, -0.05) is 0 Å². The molecule has 174 valence electrons. The van der Waals surface area contributed by atoms with Gasteiger partial charge in [0.25, 0.3) is 9.05 Å². The quantitative estimate of drug-likeness (QED) is 0.596. The first-order valence-corrected chi connectivity index (χ1v) is 12.9. The van der Waals surface area contributed by atoms with Gasteiger partial charge in [-0.25, -0.2) is 22.0 Å². The normalized spacial score (nSPS) is 15.3. The minimum atomic E-state index is -4.96. The fourth-order valence-corrected chi connectivity index (χ4v) is 4.72. The van der Waals surface area contributed by atoms with E-state index < -0.39 is 31.2 Å². The van der Waals surface area contributed by atoms with Crippen LogP contribution in [0.1, 0.15) is 11.1 Å². The van der Waals surface area contributed by atoms with Crippen LogP contribution >= 0.6 is 10.7 Å². The number of amides is 1. The molecule has 32 heavy (non-hydrogen) atoms. The van der Waals surface area contributed by atoms with Crippen molar-refractivity contribution in [2.45, 2.75) is 28.8 Å². The van der Waals surface area contributed by atoms with Crippen molar-refractivity contribution in [1.82, 2.24) is 0 Å². The van der Waals surface area contributed by atoms with E-state index in [1.165, 1.54) is 12.1 Å². The van der Waals surface area contributed by atoms with Crippen molar-refractivity contribution in [3.05, 3.63) is 47.5 Å². The largest absolute Gasteiger partial charge is 0.471 e. The molecule has 0 fully saturated rings. The highest BCUT2D eigenvalue weighted by molar-refractivity contribution is 8.13. The van der Waals surface area contributed by atoms with Gasteiger partial charge in [0.1, 0.15) is 0 Å². The molecule has 0 saturated carbocycles. The van der Waals surface area contributed by atoms with E-state index >= 15 is 0 Å². The third kappa shape index (κ3) is 5.34. The minimum absolute atomic E-state index is 0.0615. The molecule has 2 heterocycles. The predicted molar refractivity (Wildman–Crippen MR) is 112 cm³/mol. The van der Waals surface area contributed by atoms with Gasteiger partial charge in [-0.15, -0.1) is 0 Å². The number of nitrogens with one attached hydrogen (secondary N) is 1. The van der Waals surface area contributed by atoms with Gasteiger partial charge in [-0.05, 0) is 60.4 Å². The molecule has 0 radical (unpaired) electrons. The molecule has 3 N–H and O–H groups in total. The monoisotopic (exact) mass is 511 g/mol. The Labute approximate surface area is 186 Å². The van der Waals surface area contributed by atoms with Crippen molar-refractivity contribution in [2.75, 3.05) is 23.3 Å². The lowest BCUT2D eigenvalue weighted by atomic mass is 10.2. The molecule has 0 unspecified atom stereocenters. The molecular formula is C18H17ClF3N3O5S2. The van der Waals surface area contributed by atoms with Crippen LogP contribution in [-0.2, 0) is 36.7 Å². The molecule has 0 atom stereocenters. The summed E-state index contributed by atoms with van der Waals surface area (Å²) < 4.78 is 81.3. The van der Waals surface area contributed by atoms with Crippen molar-refractivity contribution in [3.8, 4) is 0 Å². The average Bonchev–Trinajstić information content (AvgIpc) is 3.31. The summed E-state index contributed by atoms with van der Waals surface area (Å²) in [4.78, 5) is 11.7. The first-order chi connectivity index (χ1) is 14.7. The van der Waals surface area contributed by atoms with Crippen LogP contribution in [0.15, 0.2) is 46.2 Å². The predicted octanol–water partition coefficient (Wildman–Crippen LogP) is 2.37. The molecule has 4 rings (SSSR count). The molecule has 0 aliphatic carbocycles. The number of carbonyl (C=O) groups excluding carboxylic acids is 1. The number of rotatable bonds is 2. The van der Waals surface area contributed by atoms with E-state index in [2.05, 4.69) is 5.32 Å². The van der Waals surface area contributed by atoms with Crippen molar-refractivity contribution < 1.29 is 34.8 Å². The lowest BCUT2D eigenvalue weighted by molar-refractivity contribution is -0.170.